The Labute approximate surface area is 147 Å². The molecule has 0 aliphatic rings. The summed E-state index contributed by atoms with van der Waals surface area (Å²) in [5, 5.41) is 4.31. The number of hydrogen-bond donors (Lipinski definition) is 0. The minimum Gasteiger partial charge on any atom is -0.372 e. The molecule has 2 heteroatoms. The first-order valence-corrected chi connectivity index (χ1v) is 10.2. The molecule has 0 saturated heterocycles. The zero-order chi connectivity index (χ0) is 16.8. The summed E-state index contributed by atoms with van der Waals surface area (Å²) in [5.74, 6) is 0. The summed E-state index contributed by atoms with van der Waals surface area (Å²) in [7, 11) is -0.951. The Bertz CT molecular complexity index is 694. The predicted octanol–water partition coefficient (Wildman–Crippen LogP) is 3.05. The van der Waals surface area contributed by atoms with Crippen molar-refractivity contribution < 1.29 is 0 Å². The van der Waals surface area contributed by atoms with Gasteiger partial charge in [0.25, 0.3) is 0 Å². The molecule has 0 amide bonds. The molecule has 0 aromatic heterocycles. The largest absolute Gasteiger partial charge is 0.372 e. The Hall–Kier alpha value is -2.32. The first-order valence-electron chi connectivity index (χ1n) is 8.66. The van der Waals surface area contributed by atoms with Gasteiger partial charge in [0.2, 0.25) is 0 Å². The molecule has 3 rings (SSSR count). The summed E-state index contributed by atoms with van der Waals surface area (Å²) in [5.41, 5.74) is 1.31. The van der Waals surface area contributed by atoms with Crippen LogP contribution in [-0.2, 0) is 0 Å². The molecule has 0 fully saturated rings. The second kappa shape index (κ2) is 7.98. The van der Waals surface area contributed by atoms with E-state index in [-0.39, 0.29) is 0 Å². The highest BCUT2D eigenvalue weighted by Gasteiger charge is 2.19. The van der Waals surface area contributed by atoms with Gasteiger partial charge in [-0.15, -0.1) is 0 Å². The number of rotatable bonds is 6. The maximum absolute atomic E-state index is 2.39. The fraction of sp³-hybridized carbons (Fsp3) is 0.182. The van der Waals surface area contributed by atoms with E-state index >= 15 is 0 Å². The molecule has 24 heavy (non-hydrogen) atoms. The lowest BCUT2D eigenvalue weighted by molar-refractivity contribution is 0.866. The summed E-state index contributed by atoms with van der Waals surface area (Å²) >= 11 is 0. The molecule has 0 N–H and O–H groups in total. The maximum atomic E-state index is 2.39. The Balaban J connectivity index is 2.00. The Morgan fingerprint density at radius 3 is 1.42 bits per heavy atom. The van der Waals surface area contributed by atoms with Crippen molar-refractivity contribution >= 4 is 30.0 Å². The van der Waals surface area contributed by atoms with E-state index in [1.807, 2.05) is 0 Å². The van der Waals surface area contributed by atoms with Crippen LogP contribution in [0, 0.1) is 0 Å². The smallest absolute Gasteiger partial charge is 0.154 e. The quantitative estimate of drug-likeness (QED) is 0.496. The zero-order valence-corrected chi connectivity index (χ0v) is 15.4. The van der Waals surface area contributed by atoms with Gasteiger partial charge in [0, 0.05) is 18.8 Å². The minimum absolute atomic E-state index is 0.951. The average Bonchev–Trinajstić information content (AvgIpc) is 2.66. The van der Waals surface area contributed by atoms with E-state index in [1.165, 1.54) is 21.2 Å². The fourth-order valence-electron chi connectivity index (χ4n) is 3.14. The molecule has 0 bridgehead atoms. The summed E-state index contributed by atoms with van der Waals surface area (Å²) in [4.78, 5) is 2.39. The fourth-order valence-corrected chi connectivity index (χ4v) is 5.69. The molecule has 0 saturated carbocycles. The van der Waals surface area contributed by atoms with Gasteiger partial charge in [-0.05, 0) is 26.0 Å². The van der Waals surface area contributed by atoms with Gasteiger partial charge in [0.05, 0.1) is 0 Å². The predicted molar refractivity (Wildman–Crippen MR) is 108 cm³/mol. The van der Waals surface area contributed by atoms with Gasteiger partial charge in [0.1, 0.15) is 0 Å². The van der Waals surface area contributed by atoms with Crippen LogP contribution in [0.1, 0.15) is 13.8 Å². The van der Waals surface area contributed by atoms with Crippen LogP contribution in [-0.4, -0.2) is 21.9 Å². The maximum Gasteiger partial charge on any atom is 0.154 e. The van der Waals surface area contributed by atoms with E-state index in [1.54, 1.807) is 0 Å². The van der Waals surface area contributed by atoms with Gasteiger partial charge in [-0.2, -0.15) is 0 Å². The van der Waals surface area contributed by atoms with Crippen molar-refractivity contribution in [3.63, 3.8) is 0 Å². The first kappa shape index (κ1) is 16.5. The third-order valence-electron chi connectivity index (χ3n) is 4.41. The van der Waals surface area contributed by atoms with Crippen LogP contribution in [0.3, 0.4) is 0 Å². The van der Waals surface area contributed by atoms with Crippen LogP contribution in [0.25, 0.3) is 0 Å². The number of benzene rings is 3. The SMILES string of the molecule is CCN(CC)c1ccc([Si](c2ccccc2)c2ccccc2)cc1. The Morgan fingerprint density at radius 1 is 0.583 bits per heavy atom. The van der Waals surface area contributed by atoms with Crippen molar-refractivity contribution in [2.45, 2.75) is 13.8 Å². The standard InChI is InChI=1S/C22H24NSi/c1-3-23(4-2)19-15-17-22(18-16-19)24(20-11-7-5-8-12-20)21-13-9-6-10-14-21/h5-18H,3-4H2,1-2H3. The van der Waals surface area contributed by atoms with Crippen molar-refractivity contribution in [2.24, 2.45) is 0 Å². The molecular weight excluding hydrogens is 306 g/mol. The molecule has 3 aromatic carbocycles. The van der Waals surface area contributed by atoms with Crippen molar-refractivity contribution in [3.05, 3.63) is 84.9 Å². The molecule has 1 radical (unpaired) electrons. The van der Waals surface area contributed by atoms with Crippen LogP contribution in [0.4, 0.5) is 5.69 Å². The van der Waals surface area contributed by atoms with E-state index in [0.717, 1.165) is 13.1 Å². The Morgan fingerprint density at radius 2 is 1.00 bits per heavy atom. The van der Waals surface area contributed by atoms with E-state index in [0.29, 0.717) is 0 Å². The van der Waals surface area contributed by atoms with Crippen molar-refractivity contribution in [1.29, 1.82) is 0 Å². The normalized spacial score (nSPS) is 10.8. The van der Waals surface area contributed by atoms with Crippen LogP contribution >= 0.6 is 0 Å². The minimum atomic E-state index is -0.951. The zero-order valence-electron chi connectivity index (χ0n) is 14.4. The lowest BCUT2D eigenvalue weighted by atomic mass is 10.3. The molecule has 0 unspecified atom stereocenters. The highest BCUT2D eigenvalue weighted by molar-refractivity contribution is 6.95. The molecule has 121 valence electrons. The van der Waals surface area contributed by atoms with E-state index in [9.17, 15) is 0 Å². The molecule has 3 aromatic rings. The topological polar surface area (TPSA) is 3.24 Å². The highest BCUT2D eigenvalue weighted by Crippen LogP contribution is 2.11. The van der Waals surface area contributed by atoms with Crippen molar-refractivity contribution in [1.82, 2.24) is 0 Å². The van der Waals surface area contributed by atoms with Crippen LogP contribution in [0.2, 0.25) is 0 Å². The third-order valence-corrected chi connectivity index (χ3v) is 7.14. The van der Waals surface area contributed by atoms with E-state index in [2.05, 4.69) is 104 Å². The van der Waals surface area contributed by atoms with Crippen molar-refractivity contribution in [3.8, 4) is 0 Å². The monoisotopic (exact) mass is 330 g/mol. The Kier molecular flexibility index (Phi) is 5.50. The van der Waals surface area contributed by atoms with Gasteiger partial charge >= 0.3 is 0 Å². The second-order valence-electron chi connectivity index (χ2n) is 5.83. The summed E-state index contributed by atoms with van der Waals surface area (Å²) in [6, 6.07) is 31.0. The molecule has 0 heterocycles. The van der Waals surface area contributed by atoms with Crippen LogP contribution in [0.15, 0.2) is 84.9 Å². The summed E-state index contributed by atoms with van der Waals surface area (Å²) in [6.07, 6.45) is 0. The van der Waals surface area contributed by atoms with Crippen molar-refractivity contribution in [2.75, 3.05) is 18.0 Å². The van der Waals surface area contributed by atoms with E-state index < -0.39 is 8.80 Å². The number of nitrogens with zero attached hydrogens (tertiary/aromatic N) is 1. The highest BCUT2D eigenvalue weighted by atomic mass is 28.3. The lowest BCUT2D eigenvalue weighted by Crippen LogP contribution is -2.51. The molecule has 0 aliphatic heterocycles. The van der Waals surface area contributed by atoms with Crippen LogP contribution < -0.4 is 20.5 Å². The van der Waals surface area contributed by atoms with Gasteiger partial charge < -0.3 is 4.90 Å². The van der Waals surface area contributed by atoms with E-state index in [4.69, 9.17) is 0 Å². The molecule has 1 nitrogen and oxygen atoms in total. The molecule has 0 spiro atoms. The second-order valence-corrected chi connectivity index (χ2v) is 8.31. The number of anilines is 1. The molecular formula is C22H24NSi. The number of hydrogen-bond acceptors (Lipinski definition) is 1. The van der Waals surface area contributed by atoms with Gasteiger partial charge in [-0.25, -0.2) is 0 Å². The molecule has 0 aliphatic carbocycles. The average molecular weight is 331 g/mol. The van der Waals surface area contributed by atoms with Crippen LogP contribution in [0.5, 0.6) is 0 Å². The lowest BCUT2D eigenvalue weighted by Gasteiger charge is -2.22. The third kappa shape index (κ3) is 3.60. The summed E-state index contributed by atoms with van der Waals surface area (Å²) in [6.45, 7) is 6.51. The first-order chi connectivity index (χ1) is 11.8. The van der Waals surface area contributed by atoms with Gasteiger partial charge in [-0.1, -0.05) is 88.4 Å². The van der Waals surface area contributed by atoms with Gasteiger partial charge in [-0.3, -0.25) is 0 Å². The van der Waals surface area contributed by atoms with Gasteiger partial charge in [0.15, 0.2) is 8.80 Å². The summed E-state index contributed by atoms with van der Waals surface area (Å²) < 4.78 is 0. The molecule has 0 atom stereocenters.